The van der Waals surface area contributed by atoms with E-state index in [4.69, 9.17) is 4.74 Å². The van der Waals surface area contributed by atoms with Crippen LogP contribution in [0.25, 0.3) is 0 Å². The lowest BCUT2D eigenvalue weighted by molar-refractivity contribution is -0.136. The molecule has 27 heavy (non-hydrogen) atoms. The molecular formula is C21H31N3O3. The van der Waals surface area contributed by atoms with Crippen LogP contribution in [0.15, 0.2) is 30.3 Å². The molecule has 1 atom stereocenters. The zero-order chi connectivity index (χ0) is 19.4. The first kappa shape index (κ1) is 19.8. The first-order valence-electron chi connectivity index (χ1n) is 9.94. The van der Waals surface area contributed by atoms with Crippen LogP contribution in [0.3, 0.4) is 0 Å². The number of nitrogens with zero attached hydrogens (tertiary/aromatic N) is 3. The summed E-state index contributed by atoms with van der Waals surface area (Å²) in [7, 11) is 1.71. The summed E-state index contributed by atoms with van der Waals surface area (Å²) in [5, 5.41) is 0. The van der Waals surface area contributed by atoms with E-state index in [1.165, 1.54) is 10.5 Å². The largest absolute Gasteiger partial charge is 0.383 e. The highest BCUT2D eigenvalue weighted by Crippen LogP contribution is 2.37. The van der Waals surface area contributed by atoms with Crippen molar-refractivity contribution in [3.8, 4) is 0 Å². The number of carbonyl (C=O) groups excluding carboxylic acids is 2. The van der Waals surface area contributed by atoms with Crippen LogP contribution in [0.4, 0.5) is 4.79 Å². The van der Waals surface area contributed by atoms with Crippen molar-refractivity contribution in [2.75, 3.05) is 39.9 Å². The van der Waals surface area contributed by atoms with Crippen molar-refractivity contribution < 1.29 is 14.3 Å². The Labute approximate surface area is 162 Å². The minimum absolute atomic E-state index is 0.0119. The van der Waals surface area contributed by atoms with Crippen molar-refractivity contribution in [3.05, 3.63) is 35.9 Å². The van der Waals surface area contributed by atoms with Crippen LogP contribution in [0.2, 0.25) is 0 Å². The molecule has 0 radical (unpaired) electrons. The number of likely N-dealkylation sites (N-methyl/N-ethyl adjacent to an activating group) is 1. The van der Waals surface area contributed by atoms with Crippen molar-refractivity contribution in [1.82, 2.24) is 14.7 Å². The molecule has 148 valence electrons. The third-order valence-electron chi connectivity index (χ3n) is 6.06. The lowest BCUT2D eigenvalue weighted by atomic mass is 9.85. The van der Waals surface area contributed by atoms with Crippen LogP contribution >= 0.6 is 0 Å². The van der Waals surface area contributed by atoms with E-state index in [-0.39, 0.29) is 11.9 Å². The van der Waals surface area contributed by atoms with Crippen LogP contribution in [-0.4, -0.2) is 78.1 Å². The van der Waals surface area contributed by atoms with Gasteiger partial charge in [-0.1, -0.05) is 30.3 Å². The number of likely N-dealkylation sites (tertiary alicyclic amines) is 1. The van der Waals surface area contributed by atoms with E-state index in [9.17, 15) is 9.59 Å². The Hall–Kier alpha value is -1.92. The highest BCUT2D eigenvalue weighted by atomic mass is 16.5. The number of urea groups is 1. The Bertz CT molecular complexity index is 656. The van der Waals surface area contributed by atoms with Crippen LogP contribution in [0.1, 0.15) is 32.3 Å². The number of piperidine rings is 1. The highest BCUT2D eigenvalue weighted by molar-refractivity contribution is 6.07. The molecule has 0 unspecified atom stereocenters. The van der Waals surface area contributed by atoms with E-state index in [0.29, 0.717) is 38.6 Å². The number of benzene rings is 1. The number of hydrogen-bond donors (Lipinski definition) is 0. The van der Waals surface area contributed by atoms with Gasteiger partial charge >= 0.3 is 6.03 Å². The second-order valence-corrected chi connectivity index (χ2v) is 7.59. The fourth-order valence-corrected chi connectivity index (χ4v) is 4.42. The summed E-state index contributed by atoms with van der Waals surface area (Å²) in [4.78, 5) is 31.8. The molecule has 3 rings (SSSR count). The van der Waals surface area contributed by atoms with Gasteiger partial charge in [-0.25, -0.2) is 4.79 Å². The summed E-state index contributed by atoms with van der Waals surface area (Å²) in [6.07, 6.45) is 2.15. The van der Waals surface area contributed by atoms with Gasteiger partial charge in [0.15, 0.2) is 0 Å². The zero-order valence-electron chi connectivity index (χ0n) is 16.7. The van der Waals surface area contributed by atoms with Gasteiger partial charge in [0.25, 0.3) is 5.91 Å². The van der Waals surface area contributed by atoms with Gasteiger partial charge in [0, 0.05) is 39.3 Å². The van der Waals surface area contributed by atoms with Gasteiger partial charge < -0.3 is 9.64 Å². The Morgan fingerprint density at radius 2 is 1.81 bits per heavy atom. The fraction of sp³-hybridized carbons (Fsp3) is 0.619. The predicted octanol–water partition coefficient (Wildman–Crippen LogP) is 2.38. The maximum Gasteiger partial charge on any atom is 0.327 e. The normalized spacial score (nSPS) is 21.3. The molecule has 2 heterocycles. The number of amides is 3. The monoisotopic (exact) mass is 373 g/mol. The third kappa shape index (κ3) is 3.73. The topological polar surface area (TPSA) is 53.1 Å². The van der Waals surface area contributed by atoms with Crippen molar-refractivity contribution in [3.63, 3.8) is 0 Å². The highest BCUT2D eigenvalue weighted by Gasteiger charge is 2.57. The van der Waals surface area contributed by atoms with Crippen LogP contribution in [0, 0.1) is 0 Å². The number of hydrogen-bond acceptors (Lipinski definition) is 4. The maximum atomic E-state index is 13.2. The van der Waals surface area contributed by atoms with Crippen LogP contribution < -0.4 is 0 Å². The molecule has 1 aromatic rings. The smallest absolute Gasteiger partial charge is 0.327 e. The van der Waals surface area contributed by atoms with Crippen molar-refractivity contribution >= 4 is 11.9 Å². The average molecular weight is 373 g/mol. The summed E-state index contributed by atoms with van der Waals surface area (Å²) in [5.41, 5.74) is 0.513. The van der Waals surface area contributed by atoms with Gasteiger partial charge in [-0.15, -0.1) is 0 Å². The van der Waals surface area contributed by atoms with E-state index in [1.54, 1.807) is 7.11 Å². The third-order valence-corrected chi connectivity index (χ3v) is 6.06. The molecule has 2 aliphatic heterocycles. The lowest BCUT2D eigenvalue weighted by Crippen LogP contribution is -2.58. The summed E-state index contributed by atoms with van der Waals surface area (Å²) in [6, 6.07) is 10.3. The predicted molar refractivity (Wildman–Crippen MR) is 105 cm³/mol. The molecule has 0 bridgehead atoms. The molecule has 0 aliphatic carbocycles. The standard InChI is InChI=1S/C21H31N3O3/c1-4-23-19(25)21(11-14-22(15-12-21)17(2)16-27-3)24(20(23)26)13-10-18-8-6-5-7-9-18/h5-9,17H,4,10-16H2,1-3H3/t17-/m0/s1. The number of ether oxygens (including phenoxy) is 1. The SMILES string of the molecule is CCN1C(=O)N(CCc2ccccc2)C2(CCN([C@@H](C)COC)CC2)C1=O. The fourth-order valence-electron chi connectivity index (χ4n) is 4.42. The molecule has 6 nitrogen and oxygen atoms in total. The van der Waals surface area contributed by atoms with E-state index in [1.807, 2.05) is 30.0 Å². The minimum Gasteiger partial charge on any atom is -0.383 e. The van der Waals surface area contributed by atoms with Crippen molar-refractivity contribution in [1.29, 1.82) is 0 Å². The summed E-state index contributed by atoms with van der Waals surface area (Å²) in [6.45, 7) is 7.34. The van der Waals surface area contributed by atoms with Crippen LogP contribution in [0.5, 0.6) is 0 Å². The van der Waals surface area contributed by atoms with E-state index < -0.39 is 5.54 Å². The lowest BCUT2D eigenvalue weighted by Gasteiger charge is -2.44. The van der Waals surface area contributed by atoms with E-state index in [2.05, 4.69) is 24.0 Å². The molecular weight excluding hydrogens is 342 g/mol. The van der Waals surface area contributed by atoms with Gasteiger partial charge in [-0.3, -0.25) is 14.6 Å². The second-order valence-electron chi connectivity index (χ2n) is 7.59. The number of methoxy groups -OCH3 is 1. The number of rotatable bonds is 7. The average Bonchev–Trinajstić information content (AvgIpc) is 2.88. The first-order valence-corrected chi connectivity index (χ1v) is 9.94. The molecule has 2 fully saturated rings. The van der Waals surface area contributed by atoms with Crippen molar-refractivity contribution in [2.24, 2.45) is 0 Å². The summed E-state index contributed by atoms with van der Waals surface area (Å²) in [5.74, 6) is -0.0119. The second kappa shape index (κ2) is 8.40. The summed E-state index contributed by atoms with van der Waals surface area (Å²) < 4.78 is 5.27. The molecule has 1 spiro atoms. The molecule has 1 aromatic carbocycles. The quantitative estimate of drug-likeness (QED) is 0.689. The molecule has 0 aromatic heterocycles. The van der Waals surface area contributed by atoms with Crippen molar-refractivity contribution in [2.45, 2.75) is 44.7 Å². The number of imide groups is 1. The Balaban J connectivity index is 1.76. The zero-order valence-corrected chi connectivity index (χ0v) is 16.7. The molecule has 6 heteroatoms. The van der Waals surface area contributed by atoms with Gasteiger partial charge in [-0.2, -0.15) is 0 Å². The molecule has 3 amide bonds. The van der Waals surface area contributed by atoms with Gasteiger partial charge in [-0.05, 0) is 38.7 Å². The molecule has 2 saturated heterocycles. The Morgan fingerprint density at radius 3 is 2.41 bits per heavy atom. The Morgan fingerprint density at radius 1 is 1.15 bits per heavy atom. The van der Waals surface area contributed by atoms with Gasteiger partial charge in [0.1, 0.15) is 5.54 Å². The number of carbonyl (C=O) groups is 2. The van der Waals surface area contributed by atoms with E-state index >= 15 is 0 Å². The minimum atomic E-state index is -0.675. The molecule has 2 aliphatic rings. The Kier molecular flexibility index (Phi) is 6.17. The first-order chi connectivity index (χ1) is 13.0. The molecule has 0 N–H and O–H groups in total. The van der Waals surface area contributed by atoms with Crippen LogP contribution in [-0.2, 0) is 16.0 Å². The maximum absolute atomic E-state index is 13.2. The van der Waals surface area contributed by atoms with Gasteiger partial charge in [0.2, 0.25) is 0 Å². The summed E-state index contributed by atoms with van der Waals surface area (Å²) >= 11 is 0. The van der Waals surface area contributed by atoms with Gasteiger partial charge in [0.05, 0.1) is 6.61 Å². The van der Waals surface area contributed by atoms with E-state index in [0.717, 1.165) is 19.5 Å². The molecule has 0 saturated carbocycles.